The number of anilines is 1. The van der Waals surface area contributed by atoms with Crippen LogP contribution in [0.4, 0.5) is 9.80 Å². The molecule has 4 heteroatoms. The molecule has 2 rings (SSSR count). The predicted molar refractivity (Wildman–Crippen MR) is 79.9 cm³/mol. The van der Waals surface area contributed by atoms with Crippen molar-refractivity contribution in [2.24, 2.45) is 0 Å². The molecular formula is C15H23NO2S. The van der Waals surface area contributed by atoms with E-state index >= 15 is 0 Å². The Balaban J connectivity index is 2.32. The molecule has 0 aliphatic heterocycles. The fourth-order valence-corrected chi connectivity index (χ4v) is 3.87. The molecule has 0 saturated heterocycles. The number of carbonyl (C=O) groups is 1. The third-order valence-electron chi connectivity index (χ3n) is 4.09. The Morgan fingerprint density at radius 2 is 2.11 bits per heavy atom. The van der Waals surface area contributed by atoms with Crippen LogP contribution >= 0.6 is 11.3 Å². The van der Waals surface area contributed by atoms with Crippen LogP contribution in [0.15, 0.2) is 17.5 Å². The smallest absolute Gasteiger partial charge is 0.415 e. The van der Waals surface area contributed by atoms with Crippen molar-refractivity contribution in [1.29, 1.82) is 0 Å². The second kappa shape index (κ2) is 6.42. The normalized spacial score (nSPS) is 18.0. The van der Waals surface area contributed by atoms with Crippen LogP contribution in [-0.4, -0.2) is 18.2 Å². The summed E-state index contributed by atoms with van der Waals surface area (Å²) >= 11 is 1.62. The summed E-state index contributed by atoms with van der Waals surface area (Å²) in [6.45, 7) is 4.48. The molecule has 1 aromatic rings. The molecule has 0 N–H and O–H groups in total. The van der Waals surface area contributed by atoms with E-state index in [2.05, 4.69) is 6.92 Å². The third-order valence-corrected chi connectivity index (χ3v) is 4.95. The molecule has 0 radical (unpaired) electrons. The Kier molecular flexibility index (Phi) is 4.86. The number of amides is 1. The van der Waals surface area contributed by atoms with Gasteiger partial charge in [0, 0.05) is 0 Å². The van der Waals surface area contributed by atoms with Crippen LogP contribution in [0.1, 0.15) is 52.4 Å². The van der Waals surface area contributed by atoms with Gasteiger partial charge in [-0.3, -0.25) is 4.90 Å². The highest BCUT2D eigenvalue weighted by molar-refractivity contribution is 7.14. The summed E-state index contributed by atoms with van der Waals surface area (Å²) in [7, 11) is 0. The van der Waals surface area contributed by atoms with Gasteiger partial charge in [0.05, 0.1) is 12.1 Å². The predicted octanol–water partition coefficient (Wildman–Crippen LogP) is 4.82. The van der Waals surface area contributed by atoms with E-state index in [1.165, 1.54) is 19.3 Å². The van der Waals surface area contributed by atoms with Gasteiger partial charge in [0.1, 0.15) is 5.00 Å². The summed E-state index contributed by atoms with van der Waals surface area (Å²) in [6.07, 6.45) is 6.66. The van der Waals surface area contributed by atoms with Crippen LogP contribution in [-0.2, 0) is 4.74 Å². The first-order valence-electron chi connectivity index (χ1n) is 7.24. The average Bonchev–Trinajstić information content (AvgIpc) is 2.94. The fraction of sp³-hybridized carbons (Fsp3) is 0.667. The summed E-state index contributed by atoms with van der Waals surface area (Å²) < 4.78 is 5.30. The zero-order chi connectivity index (χ0) is 13.7. The van der Waals surface area contributed by atoms with Crippen molar-refractivity contribution in [1.82, 2.24) is 0 Å². The minimum Gasteiger partial charge on any atom is -0.449 e. The standard InChI is InChI=1S/C15H23NO2S/c1-3-15(10-6-5-7-11-15)16(14(17)18-4-2)13-9-8-12-19-13/h8-9,12H,3-7,10-11H2,1-2H3. The van der Waals surface area contributed by atoms with Crippen LogP contribution in [0.25, 0.3) is 0 Å². The van der Waals surface area contributed by atoms with Crippen molar-refractivity contribution < 1.29 is 9.53 Å². The molecule has 106 valence electrons. The first-order chi connectivity index (χ1) is 9.23. The van der Waals surface area contributed by atoms with E-state index in [1.807, 2.05) is 29.3 Å². The van der Waals surface area contributed by atoms with Crippen molar-refractivity contribution in [2.75, 3.05) is 11.5 Å². The van der Waals surface area contributed by atoms with Crippen molar-refractivity contribution in [3.63, 3.8) is 0 Å². The van der Waals surface area contributed by atoms with Crippen LogP contribution in [0, 0.1) is 0 Å². The van der Waals surface area contributed by atoms with E-state index < -0.39 is 0 Å². The van der Waals surface area contributed by atoms with Crippen LogP contribution in [0.2, 0.25) is 0 Å². The van der Waals surface area contributed by atoms with E-state index in [-0.39, 0.29) is 11.6 Å². The van der Waals surface area contributed by atoms with Gasteiger partial charge in [-0.2, -0.15) is 0 Å². The van der Waals surface area contributed by atoms with Crippen molar-refractivity contribution in [2.45, 2.75) is 57.9 Å². The Morgan fingerprint density at radius 1 is 1.37 bits per heavy atom. The van der Waals surface area contributed by atoms with Gasteiger partial charge in [-0.1, -0.05) is 26.2 Å². The molecule has 1 aliphatic carbocycles. The molecule has 0 unspecified atom stereocenters. The van der Waals surface area contributed by atoms with E-state index in [1.54, 1.807) is 11.3 Å². The van der Waals surface area contributed by atoms with Gasteiger partial charge in [0.25, 0.3) is 0 Å². The summed E-state index contributed by atoms with van der Waals surface area (Å²) in [5.74, 6) is 0. The van der Waals surface area contributed by atoms with Gasteiger partial charge in [0.15, 0.2) is 0 Å². The summed E-state index contributed by atoms with van der Waals surface area (Å²) in [6, 6.07) is 4.02. The molecule has 1 aliphatic rings. The van der Waals surface area contributed by atoms with Crippen LogP contribution in [0.5, 0.6) is 0 Å². The number of ether oxygens (including phenoxy) is 1. The number of carbonyl (C=O) groups excluding carboxylic acids is 1. The lowest BCUT2D eigenvalue weighted by Crippen LogP contribution is -2.53. The third kappa shape index (κ3) is 2.94. The highest BCUT2D eigenvalue weighted by atomic mass is 32.1. The highest BCUT2D eigenvalue weighted by Gasteiger charge is 2.41. The molecule has 19 heavy (non-hydrogen) atoms. The highest BCUT2D eigenvalue weighted by Crippen LogP contribution is 2.41. The largest absolute Gasteiger partial charge is 0.449 e. The monoisotopic (exact) mass is 281 g/mol. The van der Waals surface area contributed by atoms with Gasteiger partial charge in [-0.05, 0) is 43.7 Å². The minimum atomic E-state index is -0.186. The molecule has 1 heterocycles. The van der Waals surface area contributed by atoms with Crippen molar-refractivity contribution in [3.05, 3.63) is 17.5 Å². The second-order valence-electron chi connectivity index (χ2n) is 5.12. The first kappa shape index (κ1) is 14.4. The second-order valence-corrected chi connectivity index (χ2v) is 6.05. The van der Waals surface area contributed by atoms with Gasteiger partial charge in [-0.15, -0.1) is 11.3 Å². The van der Waals surface area contributed by atoms with Crippen LogP contribution < -0.4 is 4.90 Å². The van der Waals surface area contributed by atoms with Gasteiger partial charge in [-0.25, -0.2) is 4.79 Å². The quantitative estimate of drug-likeness (QED) is 0.791. The Hall–Kier alpha value is -1.03. The summed E-state index contributed by atoms with van der Waals surface area (Å²) in [5.41, 5.74) is -0.0463. The van der Waals surface area contributed by atoms with E-state index in [0.29, 0.717) is 6.61 Å². The van der Waals surface area contributed by atoms with Gasteiger partial charge in [0.2, 0.25) is 0 Å². The van der Waals surface area contributed by atoms with Crippen molar-refractivity contribution in [3.8, 4) is 0 Å². The Morgan fingerprint density at radius 3 is 2.63 bits per heavy atom. The Bertz CT molecular complexity index is 396. The molecule has 0 bridgehead atoms. The van der Waals surface area contributed by atoms with Gasteiger partial charge >= 0.3 is 6.09 Å². The number of rotatable bonds is 4. The SMILES string of the molecule is CCOC(=O)N(c1cccs1)C1(CC)CCCCC1. The van der Waals surface area contributed by atoms with Gasteiger partial charge < -0.3 is 4.74 Å². The average molecular weight is 281 g/mol. The van der Waals surface area contributed by atoms with E-state index in [9.17, 15) is 4.79 Å². The molecule has 1 fully saturated rings. The minimum absolute atomic E-state index is 0.0463. The van der Waals surface area contributed by atoms with Crippen LogP contribution in [0.3, 0.4) is 0 Å². The molecule has 1 amide bonds. The zero-order valence-electron chi connectivity index (χ0n) is 11.9. The molecular weight excluding hydrogens is 258 g/mol. The molecule has 0 spiro atoms. The Labute approximate surface area is 119 Å². The number of thiophene rings is 1. The maximum absolute atomic E-state index is 12.4. The topological polar surface area (TPSA) is 29.5 Å². The number of hydrogen-bond donors (Lipinski definition) is 0. The molecule has 0 aromatic carbocycles. The molecule has 3 nitrogen and oxygen atoms in total. The van der Waals surface area contributed by atoms with E-state index in [4.69, 9.17) is 4.74 Å². The zero-order valence-corrected chi connectivity index (χ0v) is 12.7. The first-order valence-corrected chi connectivity index (χ1v) is 8.12. The lowest BCUT2D eigenvalue weighted by molar-refractivity contribution is 0.143. The lowest BCUT2D eigenvalue weighted by Gasteiger charge is -2.44. The van der Waals surface area contributed by atoms with Crippen molar-refractivity contribution >= 4 is 22.4 Å². The molecule has 0 atom stereocenters. The maximum atomic E-state index is 12.4. The van der Waals surface area contributed by atoms with E-state index in [0.717, 1.165) is 24.3 Å². The summed E-state index contributed by atoms with van der Waals surface area (Å²) in [5, 5.41) is 3.04. The number of nitrogens with zero attached hydrogens (tertiary/aromatic N) is 1. The fourth-order valence-electron chi connectivity index (χ4n) is 3.05. The molecule has 1 aromatic heterocycles. The molecule has 1 saturated carbocycles. The lowest BCUT2D eigenvalue weighted by atomic mass is 9.78. The number of hydrogen-bond acceptors (Lipinski definition) is 3. The summed E-state index contributed by atoms with van der Waals surface area (Å²) in [4.78, 5) is 14.3. The maximum Gasteiger partial charge on any atom is 0.415 e.